The maximum absolute atomic E-state index is 5.90. The van der Waals surface area contributed by atoms with Crippen LogP contribution in [0, 0.1) is 6.92 Å². The first-order chi connectivity index (χ1) is 10.1. The lowest BCUT2D eigenvalue weighted by atomic mass is 10.0. The number of nitrogens with two attached hydrogens (primary N) is 1. The summed E-state index contributed by atoms with van der Waals surface area (Å²) in [6, 6.07) is 0. The zero-order chi connectivity index (χ0) is 15.4. The van der Waals surface area contributed by atoms with Crippen LogP contribution in [-0.4, -0.2) is 20.2 Å². The molecule has 0 aliphatic carbocycles. The smallest absolute Gasteiger partial charge is 0.159 e. The predicted molar refractivity (Wildman–Crippen MR) is 90.9 cm³/mol. The number of aromatic nitrogens is 3. The number of hydrogen-bond donors (Lipinski definition) is 2. The van der Waals surface area contributed by atoms with Crippen LogP contribution < -0.4 is 11.1 Å². The molecule has 2 aromatic rings. The van der Waals surface area contributed by atoms with Gasteiger partial charge in [0.25, 0.3) is 0 Å². The molecule has 0 aromatic carbocycles. The van der Waals surface area contributed by atoms with Gasteiger partial charge >= 0.3 is 0 Å². The number of anilines is 1. The fourth-order valence-electron chi connectivity index (χ4n) is 2.23. The van der Waals surface area contributed by atoms with Crippen molar-refractivity contribution in [1.29, 1.82) is 0 Å². The van der Waals surface area contributed by atoms with E-state index in [1.54, 1.807) is 11.3 Å². The van der Waals surface area contributed by atoms with Crippen LogP contribution >= 0.6 is 23.6 Å². The maximum atomic E-state index is 5.90. The first-order valence-electron chi connectivity index (χ1n) is 6.89. The van der Waals surface area contributed by atoms with Gasteiger partial charge in [-0.2, -0.15) is 5.10 Å². The minimum Gasteiger partial charge on any atom is -0.389 e. The van der Waals surface area contributed by atoms with Crippen LogP contribution in [0.25, 0.3) is 0 Å². The van der Waals surface area contributed by atoms with E-state index in [2.05, 4.69) is 34.3 Å². The third kappa shape index (κ3) is 3.54. The van der Waals surface area contributed by atoms with Gasteiger partial charge in [-0.15, -0.1) is 16.4 Å². The maximum Gasteiger partial charge on any atom is 0.159 e. The Hall–Kier alpha value is -1.60. The number of hydrogen-bond acceptors (Lipinski definition) is 6. The molecule has 0 saturated heterocycles. The summed E-state index contributed by atoms with van der Waals surface area (Å²) in [5, 5.41) is 14.9. The van der Waals surface area contributed by atoms with Gasteiger partial charge in [-0.25, -0.2) is 4.98 Å². The Morgan fingerprint density at radius 1 is 1.33 bits per heavy atom. The minimum atomic E-state index is 0.355. The van der Waals surface area contributed by atoms with E-state index in [0.29, 0.717) is 17.4 Å². The zero-order valence-electron chi connectivity index (χ0n) is 12.4. The molecule has 0 fully saturated rings. The van der Waals surface area contributed by atoms with Gasteiger partial charge in [-0.05, 0) is 25.3 Å². The molecule has 0 atom stereocenters. The highest BCUT2D eigenvalue weighted by Crippen LogP contribution is 2.21. The third-order valence-electron chi connectivity index (χ3n) is 3.20. The Kier molecular flexibility index (Phi) is 5.19. The normalized spacial score (nSPS) is 10.6. The summed E-state index contributed by atoms with van der Waals surface area (Å²) in [4.78, 5) is 4.78. The molecule has 3 N–H and O–H groups in total. The Morgan fingerprint density at radius 2 is 2.10 bits per heavy atom. The van der Waals surface area contributed by atoms with E-state index in [-0.39, 0.29) is 0 Å². The van der Waals surface area contributed by atoms with E-state index < -0.39 is 0 Å². The first kappa shape index (κ1) is 15.8. The average Bonchev–Trinajstić information content (AvgIpc) is 2.89. The molecule has 0 amide bonds. The largest absolute Gasteiger partial charge is 0.389 e. The topological polar surface area (TPSA) is 76.7 Å². The first-order valence-corrected chi connectivity index (χ1v) is 8.18. The van der Waals surface area contributed by atoms with Crippen molar-refractivity contribution in [2.24, 2.45) is 5.73 Å². The van der Waals surface area contributed by atoms with E-state index in [4.69, 9.17) is 18.0 Å². The Labute approximate surface area is 134 Å². The highest BCUT2D eigenvalue weighted by molar-refractivity contribution is 7.80. The van der Waals surface area contributed by atoms with Gasteiger partial charge in [0.15, 0.2) is 5.82 Å². The fraction of sp³-hybridized carbons (Fsp3) is 0.429. The van der Waals surface area contributed by atoms with Crippen LogP contribution in [0.5, 0.6) is 0 Å². The third-order valence-corrected chi connectivity index (χ3v) is 4.22. The SMILES string of the molecule is CCc1nnc(NCc2csc(C)n2)c(C(N)=S)c1CC. The molecule has 7 heteroatoms. The molecule has 0 radical (unpaired) electrons. The van der Waals surface area contributed by atoms with Crippen molar-refractivity contribution in [1.82, 2.24) is 15.2 Å². The number of thiocarbonyl (C=S) groups is 1. The van der Waals surface area contributed by atoms with E-state index in [1.165, 1.54) is 0 Å². The van der Waals surface area contributed by atoms with Gasteiger partial charge < -0.3 is 11.1 Å². The molecule has 0 aliphatic heterocycles. The molecule has 0 spiro atoms. The van der Waals surface area contributed by atoms with Crippen molar-refractivity contribution in [2.45, 2.75) is 40.2 Å². The molecule has 112 valence electrons. The predicted octanol–water partition coefficient (Wildman–Crippen LogP) is 2.61. The lowest BCUT2D eigenvalue weighted by Gasteiger charge is -2.15. The second-order valence-corrected chi connectivity index (χ2v) is 6.13. The van der Waals surface area contributed by atoms with Gasteiger partial charge in [0.05, 0.1) is 28.5 Å². The lowest BCUT2D eigenvalue weighted by Crippen LogP contribution is -2.19. The summed E-state index contributed by atoms with van der Waals surface area (Å²) < 4.78 is 0. The summed E-state index contributed by atoms with van der Waals surface area (Å²) >= 11 is 6.83. The zero-order valence-corrected chi connectivity index (χ0v) is 14.1. The molecule has 2 rings (SSSR count). The van der Waals surface area contributed by atoms with Gasteiger partial charge in [0.2, 0.25) is 0 Å². The van der Waals surface area contributed by atoms with E-state index in [0.717, 1.165) is 40.4 Å². The second-order valence-electron chi connectivity index (χ2n) is 4.63. The van der Waals surface area contributed by atoms with Crippen molar-refractivity contribution in [3.05, 3.63) is 32.9 Å². The van der Waals surface area contributed by atoms with Gasteiger partial charge in [-0.3, -0.25) is 0 Å². The molecular formula is C14H19N5S2. The van der Waals surface area contributed by atoms with Gasteiger partial charge in [0, 0.05) is 5.38 Å². The molecule has 21 heavy (non-hydrogen) atoms. The quantitative estimate of drug-likeness (QED) is 0.797. The van der Waals surface area contributed by atoms with Crippen molar-refractivity contribution >= 4 is 34.4 Å². The molecule has 5 nitrogen and oxygen atoms in total. The molecule has 0 unspecified atom stereocenters. The summed E-state index contributed by atoms with van der Waals surface area (Å²) in [5.41, 5.74) is 9.72. The number of rotatable bonds is 6. The number of nitrogens with one attached hydrogen (secondary N) is 1. The summed E-state index contributed by atoms with van der Waals surface area (Å²) in [5.74, 6) is 0.641. The van der Waals surface area contributed by atoms with Crippen LogP contribution in [0.4, 0.5) is 5.82 Å². The van der Waals surface area contributed by atoms with E-state index >= 15 is 0 Å². The van der Waals surface area contributed by atoms with Crippen molar-refractivity contribution in [3.63, 3.8) is 0 Å². The van der Waals surface area contributed by atoms with Crippen molar-refractivity contribution in [2.75, 3.05) is 5.32 Å². The van der Waals surface area contributed by atoms with E-state index in [9.17, 15) is 0 Å². The lowest BCUT2D eigenvalue weighted by molar-refractivity contribution is 0.869. The highest BCUT2D eigenvalue weighted by Gasteiger charge is 2.16. The second kappa shape index (κ2) is 6.91. The van der Waals surface area contributed by atoms with Crippen molar-refractivity contribution < 1.29 is 0 Å². The summed E-state index contributed by atoms with van der Waals surface area (Å²) in [6.07, 6.45) is 1.65. The van der Waals surface area contributed by atoms with E-state index in [1.807, 2.05) is 12.3 Å². The standard InChI is InChI=1S/C14H19N5S2/c1-4-10-11(5-2)18-19-14(12(10)13(15)20)16-6-9-7-21-8(3)17-9/h7H,4-6H2,1-3H3,(H2,15,20)(H,16,19). The van der Waals surface area contributed by atoms with Crippen LogP contribution in [-0.2, 0) is 19.4 Å². The van der Waals surface area contributed by atoms with Crippen LogP contribution in [0.2, 0.25) is 0 Å². The number of thiazole rings is 1. The summed E-state index contributed by atoms with van der Waals surface area (Å²) in [6.45, 7) is 6.70. The number of aryl methyl sites for hydroxylation is 2. The monoisotopic (exact) mass is 321 g/mol. The highest BCUT2D eigenvalue weighted by atomic mass is 32.1. The molecule has 0 bridgehead atoms. The molecule has 0 saturated carbocycles. The van der Waals surface area contributed by atoms with Gasteiger partial charge in [-0.1, -0.05) is 26.1 Å². The Balaban J connectivity index is 2.32. The molecule has 2 heterocycles. The fourth-order valence-corrected chi connectivity index (χ4v) is 3.06. The molecular weight excluding hydrogens is 302 g/mol. The Morgan fingerprint density at radius 3 is 2.62 bits per heavy atom. The van der Waals surface area contributed by atoms with Crippen LogP contribution in [0.15, 0.2) is 5.38 Å². The molecule has 2 aromatic heterocycles. The summed E-state index contributed by atoms with van der Waals surface area (Å²) in [7, 11) is 0. The van der Waals surface area contributed by atoms with Crippen LogP contribution in [0.3, 0.4) is 0 Å². The minimum absolute atomic E-state index is 0.355. The Bertz CT molecular complexity index is 651. The van der Waals surface area contributed by atoms with Gasteiger partial charge in [0.1, 0.15) is 4.99 Å². The molecule has 0 aliphatic rings. The number of nitrogens with zero attached hydrogens (tertiary/aromatic N) is 3. The average molecular weight is 321 g/mol. The van der Waals surface area contributed by atoms with Crippen LogP contribution in [0.1, 0.15) is 41.4 Å². The van der Waals surface area contributed by atoms with Crippen molar-refractivity contribution in [3.8, 4) is 0 Å².